The molecule has 172 valence electrons. The zero-order chi connectivity index (χ0) is 24.0. The van der Waals surface area contributed by atoms with Crippen molar-refractivity contribution in [3.63, 3.8) is 0 Å². The number of ether oxygens (including phenoxy) is 2. The van der Waals surface area contributed by atoms with Crippen LogP contribution in [0, 0.1) is 0 Å². The number of alkyl halides is 3. The molecule has 10 heteroatoms. The van der Waals surface area contributed by atoms with Crippen molar-refractivity contribution in [3.8, 4) is 28.5 Å². The van der Waals surface area contributed by atoms with Gasteiger partial charge < -0.3 is 9.47 Å². The summed E-state index contributed by atoms with van der Waals surface area (Å²) in [6.45, 7) is 6.27. The molecule has 4 rings (SSSR count). The first-order chi connectivity index (χ1) is 15.4. The van der Waals surface area contributed by atoms with Crippen LogP contribution in [0.2, 0.25) is 10.0 Å². The third-order valence-electron chi connectivity index (χ3n) is 4.61. The molecule has 2 aromatic heterocycles. The Bertz CT molecular complexity index is 1320. The van der Waals surface area contributed by atoms with Crippen molar-refractivity contribution in [2.75, 3.05) is 0 Å². The van der Waals surface area contributed by atoms with Gasteiger partial charge in [0.15, 0.2) is 0 Å². The summed E-state index contributed by atoms with van der Waals surface area (Å²) in [7, 11) is 0. The summed E-state index contributed by atoms with van der Waals surface area (Å²) in [6, 6.07) is 10.5. The van der Waals surface area contributed by atoms with Crippen LogP contribution < -0.4 is 9.47 Å². The summed E-state index contributed by atoms with van der Waals surface area (Å²) in [6.07, 6.45) is -3.38. The zero-order valence-corrected chi connectivity index (χ0v) is 20.0. The lowest BCUT2D eigenvalue weighted by atomic mass is 9.88. The molecule has 0 aliphatic heterocycles. The normalized spacial score (nSPS) is 12.2. The largest absolute Gasteiger partial charge is 0.573 e. The molecule has 0 aliphatic rings. The third kappa shape index (κ3) is 5.18. The fraction of sp³-hybridized carbons (Fsp3) is 0.217. The van der Waals surface area contributed by atoms with E-state index >= 15 is 0 Å². The summed E-state index contributed by atoms with van der Waals surface area (Å²) in [5.41, 5.74) is 1.48. The molecule has 0 N–H and O–H groups in total. The van der Waals surface area contributed by atoms with Crippen LogP contribution in [0.3, 0.4) is 0 Å². The maximum Gasteiger partial charge on any atom is 0.573 e. The number of nitrogens with zero attached hydrogens (tertiary/aromatic N) is 2. The number of hydrogen-bond acceptors (Lipinski definition) is 5. The Labute approximate surface area is 201 Å². The zero-order valence-electron chi connectivity index (χ0n) is 17.6. The van der Waals surface area contributed by atoms with Gasteiger partial charge >= 0.3 is 6.36 Å². The summed E-state index contributed by atoms with van der Waals surface area (Å²) in [4.78, 5) is 10.5. The number of hydrogen-bond donors (Lipinski definition) is 0. The lowest BCUT2D eigenvalue weighted by Crippen LogP contribution is -2.16. The molecule has 0 spiro atoms. The van der Waals surface area contributed by atoms with E-state index < -0.39 is 6.36 Å². The summed E-state index contributed by atoms with van der Waals surface area (Å²) in [5.74, 6) is 0.232. The Kier molecular flexibility index (Phi) is 6.20. The van der Waals surface area contributed by atoms with E-state index in [0.29, 0.717) is 26.0 Å². The second-order valence-corrected chi connectivity index (χ2v) is 9.98. The molecule has 4 aromatic rings. The van der Waals surface area contributed by atoms with Crippen molar-refractivity contribution in [3.05, 3.63) is 63.7 Å². The predicted octanol–water partition coefficient (Wildman–Crippen LogP) is 8.65. The van der Waals surface area contributed by atoms with Crippen molar-refractivity contribution < 1.29 is 22.6 Å². The second-order valence-electron chi connectivity index (χ2n) is 8.17. The van der Waals surface area contributed by atoms with Crippen LogP contribution in [0.25, 0.3) is 21.3 Å². The van der Waals surface area contributed by atoms with Gasteiger partial charge in [-0.05, 0) is 47.4 Å². The molecule has 0 saturated heterocycles. The second kappa shape index (κ2) is 8.66. The SMILES string of the molecule is CC(C)(C)c1sc2ncnc(Oc3ccc(OC(F)(F)F)cc3)c2c1-c1ccc(Cl)c(Cl)c1. The lowest BCUT2D eigenvalue weighted by Gasteiger charge is -2.19. The van der Waals surface area contributed by atoms with Crippen LogP contribution in [0.4, 0.5) is 13.2 Å². The highest BCUT2D eigenvalue weighted by Crippen LogP contribution is 2.48. The molecule has 2 aromatic carbocycles. The smallest absolute Gasteiger partial charge is 0.438 e. The molecule has 0 aliphatic carbocycles. The quantitative estimate of drug-likeness (QED) is 0.274. The average molecular weight is 513 g/mol. The Hall–Kier alpha value is -2.55. The average Bonchev–Trinajstić information content (AvgIpc) is 3.12. The van der Waals surface area contributed by atoms with Crippen LogP contribution in [-0.2, 0) is 5.41 Å². The van der Waals surface area contributed by atoms with E-state index in [0.717, 1.165) is 16.0 Å². The molecule has 0 fully saturated rings. The molecule has 2 heterocycles. The first-order valence-corrected chi connectivity index (χ1v) is 11.3. The first-order valence-electron chi connectivity index (χ1n) is 9.69. The van der Waals surface area contributed by atoms with E-state index in [-0.39, 0.29) is 17.0 Å². The highest BCUT2D eigenvalue weighted by Gasteiger charge is 2.31. The van der Waals surface area contributed by atoms with Gasteiger partial charge in [0.1, 0.15) is 22.7 Å². The Morgan fingerprint density at radius 1 is 0.879 bits per heavy atom. The summed E-state index contributed by atoms with van der Waals surface area (Å²) >= 11 is 13.9. The van der Waals surface area contributed by atoms with Gasteiger partial charge in [0.25, 0.3) is 0 Å². The molecule has 0 bridgehead atoms. The number of halogens is 5. The summed E-state index contributed by atoms with van der Waals surface area (Å²) < 4.78 is 47.2. The van der Waals surface area contributed by atoms with Crippen molar-refractivity contribution in [1.29, 1.82) is 0 Å². The van der Waals surface area contributed by atoms with E-state index in [1.54, 1.807) is 12.1 Å². The van der Waals surface area contributed by atoms with Crippen LogP contribution in [0.5, 0.6) is 17.4 Å². The van der Waals surface area contributed by atoms with Crippen molar-refractivity contribution in [1.82, 2.24) is 9.97 Å². The van der Waals surface area contributed by atoms with Crippen LogP contribution in [0.15, 0.2) is 48.8 Å². The maximum absolute atomic E-state index is 12.4. The van der Waals surface area contributed by atoms with Crippen molar-refractivity contribution >= 4 is 44.8 Å². The molecule has 0 amide bonds. The third-order valence-corrected chi connectivity index (χ3v) is 6.88. The molecular formula is C23H17Cl2F3N2O2S. The van der Waals surface area contributed by atoms with Gasteiger partial charge in [0, 0.05) is 10.4 Å². The number of thiophene rings is 1. The fourth-order valence-corrected chi connectivity index (χ4v) is 4.77. The van der Waals surface area contributed by atoms with E-state index in [1.807, 2.05) is 6.07 Å². The van der Waals surface area contributed by atoms with Crippen LogP contribution in [0.1, 0.15) is 25.6 Å². The maximum atomic E-state index is 12.4. The highest BCUT2D eigenvalue weighted by atomic mass is 35.5. The Morgan fingerprint density at radius 2 is 1.55 bits per heavy atom. The molecule has 33 heavy (non-hydrogen) atoms. The Balaban J connectivity index is 1.83. The number of aromatic nitrogens is 2. The van der Waals surface area contributed by atoms with Gasteiger partial charge in [-0.2, -0.15) is 0 Å². The fourth-order valence-electron chi connectivity index (χ4n) is 3.26. The lowest BCUT2D eigenvalue weighted by molar-refractivity contribution is -0.274. The molecule has 0 saturated carbocycles. The first kappa shape index (κ1) is 23.6. The minimum absolute atomic E-state index is 0.222. The van der Waals surface area contributed by atoms with Crippen molar-refractivity contribution in [2.24, 2.45) is 0 Å². The predicted molar refractivity (Wildman–Crippen MR) is 125 cm³/mol. The molecule has 4 nitrogen and oxygen atoms in total. The van der Waals surface area contributed by atoms with E-state index in [2.05, 4.69) is 35.5 Å². The number of benzene rings is 2. The Morgan fingerprint density at radius 3 is 2.15 bits per heavy atom. The van der Waals surface area contributed by atoms with E-state index in [9.17, 15) is 13.2 Å². The van der Waals surface area contributed by atoms with Gasteiger partial charge in [0.2, 0.25) is 5.88 Å². The van der Waals surface area contributed by atoms with Gasteiger partial charge in [-0.1, -0.05) is 50.0 Å². The van der Waals surface area contributed by atoms with Gasteiger partial charge in [0.05, 0.1) is 15.4 Å². The number of rotatable bonds is 4. The standard InChI is InChI=1S/C23H17Cl2F3N2O2S/c1-22(2,3)19-17(12-4-9-15(24)16(25)10-12)18-20(29-11-30-21(18)33-19)31-13-5-7-14(8-6-13)32-23(26,27)28/h4-11H,1-3H3. The van der Waals surface area contributed by atoms with Gasteiger partial charge in [-0.3, -0.25) is 0 Å². The molecule has 0 radical (unpaired) electrons. The topological polar surface area (TPSA) is 44.2 Å². The van der Waals surface area contributed by atoms with Crippen LogP contribution >= 0.6 is 34.5 Å². The minimum Gasteiger partial charge on any atom is -0.438 e. The van der Waals surface area contributed by atoms with Crippen LogP contribution in [-0.4, -0.2) is 16.3 Å². The molecule has 0 unspecified atom stereocenters. The van der Waals surface area contributed by atoms with Gasteiger partial charge in [-0.15, -0.1) is 24.5 Å². The number of fused-ring (bicyclic) bond motifs is 1. The van der Waals surface area contributed by atoms with E-state index in [1.165, 1.54) is 41.9 Å². The van der Waals surface area contributed by atoms with Crippen molar-refractivity contribution in [2.45, 2.75) is 32.5 Å². The molecule has 0 atom stereocenters. The summed E-state index contributed by atoms with van der Waals surface area (Å²) in [5, 5.41) is 1.53. The molecular weight excluding hydrogens is 496 g/mol. The highest BCUT2D eigenvalue weighted by molar-refractivity contribution is 7.19. The van der Waals surface area contributed by atoms with Gasteiger partial charge in [-0.25, -0.2) is 9.97 Å². The van der Waals surface area contributed by atoms with E-state index in [4.69, 9.17) is 27.9 Å². The minimum atomic E-state index is -4.77. The monoisotopic (exact) mass is 512 g/mol.